The molecular weight excluding hydrogens is 270 g/mol. The van der Waals surface area contributed by atoms with E-state index in [2.05, 4.69) is 66.9 Å². The van der Waals surface area contributed by atoms with Crippen molar-refractivity contribution >= 4 is 12.4 Å². The molecule has 4 heteroatoms. The van der Waals surface area contributed by atoms with Gasteiger partial charge in [-0.05, 0) is 30.5 Å². The Labute approximate surface area is 127 Å². The number of hydrogen-bond acceptors (Lipinski definition) is 2. The number of nitrogens with zero attached hydrogens (tertiary/aromatic N) is 2. The van der Waals surface area contributed by atoms with E-state index in [4.69, 9.17) is 0 Å². The van der Waals surface area contributed by atoms with Crippen molar-refractivity contribution in [3.63, 3.8) is 0 Å². The highest BCUT2D eigenvalue weighted by Gasteiger charge is 2.00. The van der Waals surface area contributed by atoms with E-state index in [-0.39, 0.29) is 12.4 Å². The van der Waals surface area contributed by atoms with Gasteiger partial charge in [-0.1, -0.05) is 44.2 Å². The van der Waals surface area contributed by atoms with Gasteiger partial charge in [0.2, 0.25) is 0 Å². The Morgan fingerprint density at radius 2 is 1.90 bits per heavy atom. The molecule has 1 heterocycles. The summed E-state index contributed by atoms with van der Waals surface area (Å²) in [6.07, 6.45) is 3.13. The van der Waals surface area contributed by atoms with Crippen LogP contribution in [0, 0.1) is 5.92 Å². The van der Waals surface area contributed by atoms with Crippen LogP contribution in [0.2, 0.25) is 0 Å². The van der Waals surface area contributed by atoms with Gasteiger partial charge in [-0.15, -0.1) is 12.4 Å². The second kappa shape index (κ2) is 8.77. The summed E-state index contributed by atoms with van der Waals surface area (Å²) < 4.78 is 2.03. The standard InChI is InChI=1S/C16H23N3.ClH/c1-14(2)13-19-11-9-16(18-19)12-17-10-8-15-6-4-3-5-7-15;/h3-7,9,11,14,17H,8,10,12-13H2,1-2H3;1H. The molecule has 110 valence electrons. The molecule has 0 amide bonds. The molecule has 0 fully saturated rings. The van der Waals surface area contributed by atoms with E-state index in [0.717, 1.165) is 31.7 Å². The first kappa shape index (κ1) is 16.7. The van der Waals surface area contributed by atoms with Gasteiger partial charge in [0.25, 0.3) is 0 Å². The van der Waals surface area contributed by atoms with Gasteiger partial charge in [0.1, 0.15) is 0 Å². The average Bonchev–Trinajstić information content (AvgIpc) is 2.83. The third-order valence-corrected chi connectivity index (χ3v) is 2.99. The van der Waals surface area contributed by atoms with Crippen molar-refractivity contribution in [2.45, 2.75) is 33.4 Å². The largest absolute Gasteiger partial charge is 0.311 e. The maximum absolute atomic E-state index is 4.55. The predicted molar refractivity (Wildman–Crippen MR) is 86.2 cm³/mol. The Morgan fingerprint density at radius 1 is 1.15 bits per heavy atom. The molecular formula is C16H24ClN3. The lowest BCUT2D eigenvalue weighted by atomic mass is 10.1. The summed E-state index contributed by atoms with van der Waals surface area (Å²) in [4.78, 5) is 0. The highest BCUT2D eigenvalue weighted by Crippen LogP contribution is 2.01. The van der Waals surface area contributed by atoms with Crippen molar-refractivity contribution in [2.75, 3.05) is 6.54 Å². The highest BCUT2D eigenvalue weighted by molar-refractivity contribution is 5.85. The highest BCUT2D eigenvalue weighted by atomic mass is 35.5. The summed E-state index contributed by atoms with van der Waals surface area (Å²) in [7, 11) is 0. The molecule has 0 unspecified atom stereocenters. The molecule has 0 saturated carbocycles. The molecule has 2 aromatic rings. The smallest absolute Gasteiger partial charge is 0.0762 e. The van der Waals surface area contributed by atoms with Gasteiger partial charge in [0.15, 0.2) is 0 Å². The van der Waals surface area contributed by atoms with Crippen molar-refractivity contribution in [1.82, 2.24) is 15.1 Å². The third kappa shape index (κ3) is 5.76. The van der Waals surface area contributed by atoms with Crippen LogP contribution in [0.1, 0.15) is 25.1 Å². The second-order valence-electron chi connectivity index (χ2n) is 5.34. The predicted octanol–water partition coefficient (Wildman–Crippen LogP) is 3.29. The van der Waals surface area contributed by atoms with Crippen LogP contribution in [0.3, 0.4) is 0 Å². The minimum Gasteiger partial charge on any atom is -0.311 e. The van der Waals surface area contributed by atoms with E-state index < -0.39 is 0 Å². The summed E-state index contributed by atoms with van der Waals surface area (Å²) in [6.45, 7) is 7.24. The maximum Gasteiger partial charge on any atom is 0.0762 e. The van der Waals surface area contributed by atoms with Crippen molar-refractivity contribution < 1.29 is 0 Å². The van der Waals surface area contributed by atoms with Crippen LogP contribution >= 0.6 is 12.4 Å². The summed E-state index contributed by atoms with van der Waals surface area (Å²) in [5.74, 6) is 0.638. The molecule has 0 spiro atoms. The second-order valence-corrected chi connectivity index (χ2v) is 5.34. The molecule has 0 atom stereocenters. The Hall–Kier alpha value is -1.32. The van der Waals surface area contributed by atoms with Crippen LogP contribution in [0.25, 0.3) is 0 Å². The summed E-state index contributed by atoms with van der Waals surface area (Å²) in [5.41, 5.74) is 2.49. The van der Waals surface area contributed by atoms with Crippen molar-refractivity contribution in [2.24, 2.45) is 5.92 Å². The van der Waals surface area contributed by atoms with Gasteiger partial charge >= 0.3 is 0 Å². The monoisotopic (exact) mass is 293 g/mol. The Balaban J connectivity index is 0.00000200. The molecule has 1 aromatic carbocycles. The van der Waals surface area contributed by atoms with Crippen LogP contribution in [0.4, 0.5) is 0 Å². The van der Waals surface area contributed by atoms with Crippen molar-refractivity contribution in [1.29, 1.82) is 0 Å². The summed E-state index contributed by atoms with van der Waals surface area (Å²) in [6, 6.07) is 12.7. The Bertz CT molecular complexity index is 479. The first-order chi connectivity index (χ1) is 9.24. The Morgan fingerprint density at radius 3 is 2.60 bits per heavy atom. The molecule has 0 aliphatic rings. The van der Waals surface area contributed by atoms with Crippen LogP contribution in [0.15, 0.2) is 42.6 Å². The third-order valence-electron chi connectivity index (χ3n) is 2.99. The van der Waals surface area contributed by atoms with Gasteiger partial charge in [-0.2, -0.15) is 5.10 Å². The van der Waals surface area contributed by atoms with E-state index in [1.807, 2.05) is 4.68 Å². The van der Waals surface area contributed by atoms with Crippen LogP contribution in [-0.2, 0) is 19.5 Å². The average molecular weight is 294 g/mol. The normalized spacial score (nSPS) is 10.6. The fraction of sp³-hybridized carbons (Fsp3) is 0.438. The fourth-order valence-electron chi connectivity index (χ4n) is 2.07. The summed E-state index contributed by atoms with van der Waals surface area (Å²) >= 11 is 0. The van der Waals surface area contributed by atoms with Gasteiger partial charge in [0, 0.05) is 19.3 Å². The van der Waals surface area contributed by atoms with Crippen LogP contribution < -0.4 is 5.32 Å². The van der Waals surface area contributed by atoms with E-state index in [0.29, 0.717) is 5.92 Å². The molecule has 0 aliphatic carbocycles. The zero-order valence-corrected chi connectivity index (χ0v) is 13.1. The number of aromatic nitrogens is 2. The molecule has 1 aromatic heterocycles. The van der Waals surface area contributed by atoms with Gasteiger partial charge in [-0.25, -0.2) is 0 Å². The lowest BCUT2D eigenvalue weighted by Gasteiger charge is -2.05. The van der Waals surface area contributed by atoms with E-state index >= 15 is 0 Å². The number of benzene rings is 1. The van der Waals surface area contributed by atoms with Crippen molar-refractivity contribution in [3.8, 4) is 0 Å². The SMILES string of the molecule is CC(C)Cn1ccc(CNCCc2ccccc2)n1.Cl. The quantitative estimate of drug-likeness (QED) is 0.794. The maximum atomic E-state index is 4.55. The molecule has 20 heavy (non-hydrogen) atoms. The van der Waals surface area contributed by atoms with E-state index in [1.54, 1.807) is 0 Å². The number of hydrogen-bond donors (Lipinski definition) is 1. The fourth-order valence-corrected chi connectivity index (χ4v) is 2.07. The van der Waals surface area contributed by atoms with Gasteiger partial charge in [-0.3, -0.25) is 4.68 Å². The van der Waals surface area contributed by atoms with E-state index in [9.17, 15) is 0 Å². The van der Waals surface area contributed by atoms with Crippen molar-refractivity contribution in [3.05, 3.63) is 53.9 Å². The molecule has 2 rings (SSSR count). The topological polar surface area (TPSA) is 29.9 Å². The summed E-state index contributed by atoms with van der Waals surface area (Å²) in [5, 5.41) is 7.99. The number of nitrogens with one attached hydrogen (secondary N) is 1. The molecule has 1 N–H and O–H groups in total. The first-order valence-electron chi connectivity index (χ1n) is 7.01. The minimum atomic E-state index is 0. The Kier molecular flexibility index (Phi) is 7.34. The van der Waals surface area contributed by atoms with Gasteiger partial charge in [0.05, 0.1) is 5.69 Å². The number of rotatable bonds is 7. The van der Waals surface area contributed by atoms with Crippen LogP contribution in [-0.4, -0.2) is 16.3 Å². The lowest BCUT2D eigenvalue weighted by Crippen LogP contribution is -2.17. The van der Waals surface area contributed by atoms with Crippen LogP contribution in [0.5, 0.6) is 0 Å². The molecule has 3 nitrogen and oxygen atoms in total. The van der Waals surface area contributed by atoms with Gasteiger partial charge < -0.3 is 5.32 Å². The molecule has 0 bridgehead atoms. The number of halogens is 1. The first-order valence-corrected chi connectivity index (χ1v) is 7.01. The zero-order valence-electron chi connectivity index (χ0n) is 12.2. The van der Waals surface area contributed by atoms with E-state index in [1.165, 1.54) is 5.56 Å². The molecule has 0 radical (unpaired) electrons. The lowest BCUT2D eigenvalue weighted by molar-refractivity contribution is 0.478. The minimum absolute atomic E-state index is 0. The zero-order chi connectivity index (χ0) is 13.5. The molecule has 0 saturated heterocycles. The molecule has 0 aliphatic heterocycles.